The largest absolute Gasteiger partial charge is 0.380 e. The topological polar surface area (TPSA) is 59.6 Å². The molecule has 0 bridgehead atoms. The smallest absolute Gasteiger partial charge is 0.246 e. The molecule has 0 spiro atoms. The molecule has 0 aliphatic carbocycles. The molecule has 1 amide bonds. The molecule has 0 fully saturated rings. The molecule has 2 N–H and O–H groups in total. The molecule has 0 heterocycles. The maximum atomic E-state index is 11.0. The van der Waals surface area contributed by atoms with Crippen LogP contribution < -0.4 is 10.6 Å². The van der Waals surface area contributed by atoms with Gasteiger partial charge in [0.25, 0.3) is 0 Å². The van der Waals surface area contributed by atoms with Crippen LogP contribution in [-0.4, -0.2) is 52.5 Å². The summed E-state index contributed by atoms with van der Waals surface area (Å²) in [5.41, 5.74) is 0. The quantitative estimate of drug-likeness (QED) is 0.498. The van der Waals surface area contributed by atoms with Gasteiger partial charge in [-0.2, -0.15) is 0 Å². The molecule has 0 atom stereocenters. The summed E-state index contributed by atoms with van der Waals surface area (Å²) in [5.74, 6) is -0.0988. The van der Waals surface area contributed by atoms with E-state index in [1.807, 2.05) is 0 Å². The van der Waals surface area contributed by atoms with E-state index in [0.717, 1.165) is 32.5 Å². The number of ether oxygens (including phenoxy) is 2. The van der Waals surface area contributed by atoms with Crippen LogP contribution in [0.15, 0.2) is 0 Å². The lowest BCUT2D eigenvalue weighted by atomic mass is 10.3. The monoisotopic (exact) mass is 232 g/mol. The predicted molar refractivity (Wildman–Crippen MR) is 63.5 cm³/mol. The Morgan fingerprint density at radius 1 is 1.19 bits per heavy atom. The molecular weight excluding hydrogens is 208 g/mol. The molecule has 0 rings (SSSR count). The van der Waals surface area contributed by atoms with Gasteiger partial charge in [0, 0.05) is 20.3 Å². The molecule has 0 saturated carbocycles. The molecule has 5 heteroatoms. The first-order valence-corrected chi connectivity index (χ1v) is 5.85. The van der Waals surface area contributed by atoms with E-state index in [2.05, 4.69) is 22.3 Å². The van der Waals surface area contributed by atoms with Crippen molar-refractivity contribution in [3.8, 4) is 0 Å². The standard InChI is InChI=1S/C11H24N2O3/c1-3-12-6-4-5-8-16-9-7-13-11(14)10-15-2/h12H,3-10H2,1-2H3,(H,13,14). The van der Waals surface area contributed by atoms with E-state index < -0.39 is 0 Å². The number of unbranched alkanes of at least 4 members (excludes halogenated alkanes) is 1. The highest BCUT2D eigenvalue weighted by Crippen LogP contribution is 1.88. The Morgan fingerprint density at radius 3 is 2.69 bits per heavy atom. The van der Waals surface area contributed by atoms with Crippen molar-refractivity contribution >= 4 is 5.91 Å². The van der Waals surface area contributed by atoms with Crippen molar-refractivity contribution in [1.82, 2.24) is 10.6 Å². The Morgan fingerprint density at radius 2 is 2.00 bits per heavy atom. The van der Waals surface area contributed by atoms with Crippen LogP contribution in [0.1, 0.15) is 19.8 Å². The second-order valence-corrected chi connectivity index (χ2v) is 3.46. The molecule has 0 aliphatic rings. The van der Waals surface area contributed by atoms with Gasteiger partial charge in [0.15, 0.2) is 0 Å². The number of hydrogen-bond acceptors (Lipinski definition) is 4. The van der Waals surface area contributed by atoms with E-state index in [4.69, 9.17) is 4.74 Å². The minimum atomic E-state index is -0.0988. The van der Waals surface area contributed by atoms with Gasteiger partial charge in [-0.05, 0) is 25.9 Å². The first kappa shape index (κ1) is 15.3. The minimum absolute atomic E-state index is 0.0988. The van der Waals surface area contributed by atoms with Crippen molar-refractivity contribution in [3.63, 3.8) is 0 Å². The Hall–Kier alpha value is -0.650. The van der Waals surface area contributed by atoms with Crippen LogP contribution in [0.25, 0.3) is 0 Å². The summed E-state index contributed by atoms with van der Waals surface area (Å²) in [4.78, 5) is 11.0. The fraction of sp³-hybridized carbons (Fsp3) is 0.909. The zero-order chi connectivity index (χ0) is 12.1. The molecule has 16 heavy (non-hydrogen) atoms. The molecule has 0 unspecified atom stereocenters. The van der Waals surface area contributed by atoms with Crippen LogP contribution in [0.3, 0.4) is 0 Å². The SMILES string of the molecule is CCNCCCCOCCNC(=O)COC. The van der Waals surface area contributed by atoms with Crippen LogP contribution in [0, 0.1) is 0 Å². The molecule has 0 saturated heterocycles. The van der Waals surface area contributed by atoms with Crippen molar-refractivity contribution in [2.75, 3.05) is 46.6 Å². The summed E-state index contributed by atoms with van der Waals surface area (Å²) in [6, 6.07) is 0. The van der Waals surface area contributed by atoms with Crippen molar-refractivity contribution in [3.05, 3.63) is 0 Å². The summed E-state index contributed by atoms with van der Waals surface area (Å²) in [7, 11) is 1.50. The summed E-state index contributed by atoms with van der Waals surface area (Å²) in [6.07, 6.45) is 2.18. The maximum Gasteiger partial charge on any atom is 0.246 e. The normalized spacial score (nSPS) is 10.4. The Kier molecular flexibility index (Phi) is 11.9. The number of rotatable bonds is 11. The number of carbonyl (C=O) groups is 1. The maximum absolute atomic E-state index is 11.0. The zero-order valence-corrected chi connectivity index (χ0v) is 10.4. The molecule has 5 nitrogen and oxygen atoms in total. The lowest BCUT2D eigenvalue weighted by Crippen LogP contribution is -2.30. The van der Waals surface area contributed by atoms with E-state index in [-0.39, 0.29) is 12.5 Å². The lowest BCUT2D eigenvalue weighted by Gasteiger charge is -2.06. The fourth-order valence-electron chi connectivity index (χ4n) is 1.18. The van der Waals surface area contributed by atoms with Gasteiger partial charge in [-0.1, -0.05) is 6.92 Å². The average Bonchev–Trinajstić information content (AvgIpc) is 2.27. The number of carbonyl (C=O) groups excluding carboxylic acids is 1. The van der Waals surface area contributed by atoms with Gasteiger partial charge in [-0.15, -0.1) is 0 Å². The van der Waals surface area contributed by atoms with Gasteiger partial charge in [0.05, 0.1) is 6.61 Å². The second kappa shape index (κ2) is 12.4. The van der Waals surface area contributed by atoms with Crippen LogP contribution in [0.4, 0.5) is 0 Å². The molecule has 0 aliphatic heterocycles. The first-order chi connectivity index (χ1) is 7.81. The van der Waals surface area contributed by atoms with Gasteiger partial charge < -0.3 is 20.1 Å². The van der Waals surface area contributed by atoms with Crippen LogP contribution >= 0.6 is 0 Å². The van der Waals surface area contributed by atoms with Gasteiger partial charge in [-0.25, -0.2) is 0 Å². The number of methoxy groups -OCH3 is 1. The highest BCUT2D eigenvalue weighted by molar-refractivity contribution is 5.77. The van der Waals surface area contributed by atoms with Crippen molar-refractivity contribution in [2.45, 2.75) is 19.8 Å². The highest BCUT2D eigenvalue weighted by Gasteiger charge is 1.97. The van der Waals surface area contributed by atoms with Gasteiger partial charge in [0.2, 0.25) is 5.91 Å². The molecule has 96 valence electrons. The number of nitrogens with one attached hydrogen (secondary N) is 2. The van der Waals surface area contributed by atoms with Crippen LogP contribution in [-0.2, 0) is 14.3 Å². The second-order valence-electron chi connectivity index (χ2n) is 3.46. The summed E-state index contributed by atoms with van der Waals surface area (Å²) < 4.78 is 10.0. The third kappa shape index (κ3) is 11.4. The lowest BCUT2D eigenvalue weighted by molar-refractivity contribution is -0.124. The Bertz CT molecular complexity index is 165. The molecule has 0 radical (unpaired) electrons. The van der Waals surface area contributed by atoms with E-state index >= 15 is 0 Å². The molecule has 0 aromatic rings. The van der Waals surface area contributed by atoms with Crippen molar-refractivity contribution in [1.29, 1.82) is 0 Å². The van der Waals surface area contributed by atoms with Crippen LogP contribution in [0.2, 0.25) is 0 Å². The number of amides is 1. The molecule has 0 aromatic heterocycles. The van der Waals surface area contributed by atoms with E-state index in [0.29, 0.717) is 13.2 Å². The number of hydrogen-bond donors (Lipinski definition) is 2. The van der Waals surface area contributed by atoms with E-state index in [9.17, 15) is 4.79 Å². The summed E-state index contributed by atoms with van der Waals surface area (Å²) in [6.45, 7) is 6.15. The predicted octanol–water partition coefficient (Wildman–Crippen LogP) is 0.155. The third-order valence-electron chi connectivity index (χ3n) is 1.99. The molecule has 0 aromatic carbocycles. The van der Waals surface area contributed by atoms with Crippen molar-refractivity contribution in [2.24, 2.45) is 0 Å². The summed E-state index contributed by atoms with van der Waals surface area (Å²) in [5, 5.41) is 5.95. The summed E-state index contributed by atoms with van der Waals surface area (Å²) >= 11 is 0. The van der Waals surface area contributed by atoms with Gasteiger partial charge >= 0.3 is 0 Å². The van der Waals surface area contributed by atoms with Gasteiger partial charge in [-0.3, -0.25) is 4.79 Å². The fourth-order valence-corrected chi connectivity index (χ4v) is 1.18. The molecular formula is C11H24N2O3. The highest BCUT2D eigenvalue weighted by atomic mass is 16.5. The van der Waals surface area contributed by atoms with E-state index in [1.54, 1.807) is 0 Å². The minimum Gasteiger partial charge on any atom is -0.380 e. The Balaban J connectivity index is 3.01. The third-order valence-corrected chi connectivity index (χ3v) is 1.99. The van der Waals surface area contributed by atoms with Gasteiger partial charge in [0.1, 0.15) is 6.61 Å². The average molecular weight is 232 g/mol. The van der Waals surface area contributed by atoms with E-state index in [1.165, 1.54) is 7.11 Å². The van der Waals surface area contributed by atoms with Crippen molar-refractivity contribution < 1.29 is 14.3 Å². The van der Waals surface area contributed by atoms with Crippen LogP contribution in [0.5, 0.6) is 0 Å². The first-order valence-electron chi connectivity index (χ1n) is 5.85. The Labute approximate surface area is 97.9 Å². The zero-order valence-electron chi connectivity index (χ0n) is 10.4.